The molecule has 0 heterocycles. The Morgan fingerprint density at radius 2 is 1.79 bits per heavy atom. The van der Waals surface area contributed by atoms with Crippen molar-refractivity contribution in [2.45, 2.75) is 4.90 Å². The maximum atomic E-state index is 11.6. The molecule has 0 radical (unpaired) electrons. The lowest BCUT2D eigenvalue weighted by Gasteiger charge is -2.11. The monoisotopic (exact) mass is 204 g/mol. The summed E-state index contributed by atoms with van der Waals surface area (Å²) in [5.41, 5.74) is 1.07. The Kier molecular flexibility index (Phi) is 2.25. The summed E-state index contributed by atoms with van der Waals surface area (Å²) in [6.45, 7) is 0. The van der Waals surface area contributed by atoms with Gasteiger partial charge in [-0.1, -0.05) is 12.1 Å². The minimum absolute atomic E-state index is 0.0791. The average molecular weight is 204 g/mol. The van der Waals surface area contributed by atoms with Crippen molar-refractivity contribution in [3.8, 4) is 0 Å². The third-order valence-corrected chi connectivity index (χ3v) is 2.92. The van der Waals surface area contributed by atoms with Crippen molar-refractivity contribution in [2.75, 3.05) is 6.26 Å². The minimum atomic E-state index is -0.0875. The molecule has 2 nitrogen and oxygen atoms in total. The van der Waals surface area contributed by atoms with Crippen LogP contribution in [0.2, 0.25) is 0 Å². The molecule has 0 bridgehead atoms. The smallest absolute Gasteiger partial charge is 0.187 e. The first-order valence-corrected chi connectivity index (χ1v) is 5.40. The lowest BCUT2D eigenvalue weighted by molar-refractivity contribution is 0.0992. The number of allylic oxidation sites excluding steroid dienone is 2. The summed E-state index contributed by atoms with van der Waals surface area (Å²) < 4.78 is 0. The van der Waals surface area contributed by atoms with Gasteiger partial charge in [0.2, 0.25) is 0 Å². The third-order valence-electron chi connectivity index (χ3n) is 2.14. The van der Waals surface area contributed by atoms with Gasteiger partial charge >= 0.3 is 0 Å². The molecule has 0 spiro atoms. The number of hydrogen-bond donors (Lipinski definition) is 0. The molecule has 0 aliphatic heterocycles. The SMILES string of the molecule is CSc1cccc2c1C(=O)C=CC2=O. The fourth-order valence-electron chi connectivity index (χ4n) is 1.49. The van der Waals surface area contributed by atoms with Crippen LogP contribution in [-0.2, 0) is 0 Å². The Hall–Kier alpha value is -1.35. The number of fused-ring (bicyclic) bond motifs is 1. The minimum Gasteiger partial charge on any atom is -0.289 e. The standard InChI is InChI=1S/C11H8O2S/c1-14-10-4-2-3-7-8(12)5-6-9(13)11(7)10/h2-6H,1H3. The second-order valence-corrected chi connectivity index (χ2v) is 3.79. The predicted molar refractivity (Wildman–Crippen MR) is 56.0 cm³/mol. The number of carbonyl (C=O) groups is 2. The van der Waals surface area contributed by atoms with E-state index in [9.17, 15) is 9.59 Å². The molecule has 14 heavy (non-hydrogen) atoms. The first-order valence-electron chi connectivity index (χ1n) is 4.18. The van der Waals surface area contributed by atoms with Crippen LogP contribution in [0, 0.1) is 0 Å². The van der Waals surface area contributed by atoms with Gasteiger partial charge in [0, 0.05) is 16.0 Å². The van der Waals surface area contributed by atoms with Crippen molar-refractivity contribution in [3.05, 3.63) is 41.5 Å². The fourth-order valence-corrected chi connectivity index (χ4v) is 2.11. The number of rotatable bonds is 1. The first kappa shape index (κ1) is 9.21. The molecule has 2 rings (SSSR count). The van der Waals surface area contributed by atoms with Crippen LogP contribution in [0.25, 0.3) is 0 Å². The molecule has 0 aromatic heterocycles. The van der Waals surface area contributed by atoms with Crippen molar-refractivity contribution in [3.63, 3.8) is 0 Å². The Bertz CT molecular complexity index is 447. The van der Waals surface area contributed by atoms with E-state index in [4.69, 9.17) is 0 Å². The van der Waals surface area contributed by atoms with Gasteiger partial charge < -0.3 is 0 Å². The highest BCUT2D eigenvalue weighted by Crippen LogP contribution is 2.27. The molecule has 70 valence electrons. The summed E-state index contributed by atoms with van der Waals surface area (Å²) >= 11 is 1.48. The van der Waals surface area contributed by atoms with E-state index in [1.165, 1.54) is 23.9 Å². The van der Waals surface area contributed by atoms with Crippen LogP contribution in [0.1, 0.15) is 20.7 Å². The molecular weight excluding hydrogens is 196 g/mol. The zero-order valence-electron chi connectivity index (χ0n) is 7.61. The van der Waals surface area contributed by atoms with Gasteiger partial charge in [0.25, 0.3) is 0 Å². The maximum Gasteiger partial charge on any atom is 0.187 e. The normalized spacial score (nSPS) is 14.4. The van der Waals surface area contributed by atoms with Gasteiger partial charge in [-0.05, 0) is 24.5 Å². The summed E-state index contributed by atoms with van der Waals surface area (Å²) in [6, 6.07) is 5.35. The third kappa shape index (κ3) is 1.30. The molecule has 3 heteroatoms. The molecule has 0 fully saturated rings. The van der Waals surface area contributed by atoms with Crippen LogP contribution in [0.5, 0.6) is 0 Å². The number of carbonyl (C=O) groups excluding carboxylic acids is 2. The lowest BCUT2D eigenvalue weighted by atomic mass is 9.95. The Balaban J connectivity index is 2.71. The zero-order chi connectivity index (χ0) is 10.1. The number of ketones is 2. The van der Waals surface area contributed by atoms with Gasteiger partial charge in [0.05, 0.1) is 0 Å². The Morgan fingerprint density at radius 1 is 1.07 bits per heavy atom. The van der Waals surface area contributed by atoms with E-state index in [0.29, 0.717) is 11.1 Å². The molecule has 0 saturated carbocycles. The van der Waals surface area contributed by atoms with E-state index in [2.05, 4.69) is 0 Å². The molecule has 0 saturated heterocycles. The first-order chi connectivity index (χ1) is 6.74. The second-order valence-electron chi connectivity index (χ2n) is 2.94. The predicted octanol–water partition coefficient (Wildman–Crippen LogP) is 2.34. The summed E-state index contributed by atoms with van der Waals surface area (Å²) in [4.78, 5) is 23.9. The molecular formula is C11H8O2S. The summed E-state index contributed by atoms with van der Waals surface area (Å²) in [7, 11) is 0. The van der Waals surface area contributed by atoms with Gasteiger partial charge in [-0.2, -0.15) is 0 Å². The Labute approximate surface area is 86.0 Å². The van der Waals surface area contributed by atoms with Crippen molar-refractivity contribution >= 4 is 23.3 Å². The fraction of sp³-hybridized carbons (Fsp3) is 0.0909. The number of benzene rings is 1. The quantitative estimate of drug-likeness (QED) is 0.658. The molecule has 1 aromatic rings. The summed E-state index contributed by atoms with van der Waals surface area (Å²) in [6.07, 6.45) is 4.56. The second kappa shape index (κ2) is 3.42. The topological polar surface area (TPSA) is 34.1 Å². The van der Waals surface area contributed by atoms with Crippen LogP contribution in [0.15, 0.2) is 35.2 Å². The molecule has 0 unspecified atom stereocenters. The highest BCUT2D eigenvalue weighted by atomic mass is 32.2. The van der Waals surface area contributed by atoms with Crippen molar-refractivity contribution in [1.82, 2.24) is 0 Å². The lowest BCUT2D eigenvalue weighted by Crippen LogP contribution is -2.12. The van der Waals surface area contributed by atoms with E-state index in [1.807, 2.05) is 12.3 Å². The van der Waals surface area contributed by atoms with Crippen molar-refractivity contribution in [1.29, 1.82) is 0 Å². The van der Waals surface area contributed by atoms with Crippen molar-refractivity contribution < 1.29 is 9.59 Å². The van der Waals surface area contributed by atoms with Gasteiger partial charge in [0.1, 0.15) is 0 Å². The van der Waals surface area contributed by atoms with Gasteiger partial charge in [-0.15, -0.1) is 11.8 Å². The van der Waals surface area contributed by atoms with Gasteiger partial charge in [-0.25, -0.2) is 0 Å². The van der Waals surface area contributed by atoms with Crippen LogP contribution in [-0.4, -0.2) is 17.8 Å². The van der Waals surface area contributed by atoms with Crippen LogP contribution < -0.4 is 0 Å². The zero-order valence-corrected chi connectivity index (χ0v) is 8.43. The van der Waals surface area contributed by atoms with Gasteiger partial charge in [-0.3, -0.25) is 9.59 Å². The number of thioether (sulfide) groups is 1. The van der Waals surface area contributed by atoms with E-state index in [0.717, 1.165) is 4.90 Å². The largest absolute Gasteiger partial charge is 0.289 e. The van der Waals surface area contributed by atoms with E-state index >= 15 is 0 Å². The molecule has 1 aromatic carbocycles. The van der Waals surface area contributed by atoms with Gasteiger partial charge in [0.15, 0.2) is 11.6 Å². The molecule has 0 N–H and O–H groups in total. The number of hydrogen-bond acceptors (Lipinski definition) is 3. The highest BCUT2D eigenvalue weighted by molar-refractivity contribution is 7.98. The van der Waals surface area contributed by atoms with Crippen LogP contribution in [0.3, 0.4) is 0 Å². The van der Waals surface area contributed by atoms with Crippen LogP contribution in [0.4, 0.5) is 0 Å². The van der Waals surface area contributed by atoms with Crippen LogP contribution >= 0.6 is 11.8 Å². The maximum absolute atomic E-state index is 11.6. The molecule has 1 aliphatic rings. The summed E-state index contributed by atoms with van der Waals surface area (Å²) in [5, 5.41) is 0. The van der Waals surface area contributed by atoms with E-state index in [1.54, 1.807) is 12.1 Å². The van der Waals surface area contributed by atoms with E-state index in [-0.39, 0.29) is 11.6 Å². The molecule has 0 atom stereocenters. The Morgan fingerprint density at radius 3 is 2.50 bits per heavy atom. The van der Waals surface area contributed by atoms with Crippen molar-refractivity contribution in [2.24, 2.45) is 0 Å². The molecule has 1 aliphatic carbocycles. The van der Waals surface area contributed by atoms with E-state index < -0.39 is 0 Å². The summed E-state index contributed by atoms with van der Waals surface area (Å²) in [5.74, 6) is -0.167. The highest BCUT2D eigenvalue weighted by Gasteiger charge is 2.21. The molecule has 0 amide bonds. The average Bonchev–Trinajstić information content (AvgIpc) is 2.23.